The minimum Gasteiger partial charge on any atom is -0.308 e. The van der Waals surface area contributed by atoms with Gasteiger partial charge in [-0.25, -0.2) is 0 Å². The maximum atomic E-state index is 13.8. The molecule has 0 aromatic carbocycles. The fraction of sp³-hybridized carbons (Fsp3) is 1.00. The summed E-state index contributed by atoms with van der Waals surface area (Å²) in [5.41, 5.74) is 0. The van der Waals surface area contributed by atoms with Crippen LogP contribution in [0.4, 0.5) is 0 Å². The van der Waals surface area contributed by atoms with Crippen LogP contribution in [-0.2, 0) is 13.6 Å². The van der Waals surface area contributed by atoms with Gasteiger partial charge in [0.2, 0.25) is 0 Å². The van der Waals surface area contributed by atoms with Gasteiger partial charge in [-0.15, -0.1) is 0 Å². The molecule has 1 unspecified atom stereocenters. The Kier molecular flexibility index (Phi) is 33.8. The van der Waals surface area contributed by atoms with E-state index in [2.05, 4.69) is 20.8 Å². The average Bonchev–Trinajstić information content (AvgIpc) is 2.97. The number of thiol groups is 1. The first-order valence-corrected chi connectivity index (χ1v) is 20.8. The molecule has 0 spiro atoms. The monoisotopic (exact) mass is 619 g/mol. The molecule has 1 atom stereocenters. The van der Waals surface area contributed by atoms with Crippen molar-refractivity contribution in [1.82, 2.24) is 0 Å². The molecule has 248 valence electrons. The van der Waals surface area contributed by atoms with Gasteiger partial charge in [-0.05, 0) is 19.3 Å². The van der Waals surface area contributed by atoms with Crippen molar-refractivity contribution < 1.29 is 13.6 Å². The smallest absolute Gasteiger partial charge is 0.308 e. The zero-order chi connectivity index (χ0) is 30.1. The van der Waals surface area contributed by atoms with Crippen LogP contribution in [0.25, 0.3) is 0 Å². The van der Waals surface area contributed by atoms with Crippen molar-refractivity contribution in [1.29, 1.82) is 0 Å². The van der Waals surface area contributed by atoms with Crippen LogP contribution >= 0.6 is 20.2 Å². The first-order chi connectivity index (χ1) is 20.1. The lowest BCUT2D eigenvalue weighted by Crippen LogP contribution is -2.09. The van der Waals surface area contributed by atoms with E-state index in [4.69, 9.17) is 21.7 Å². The summed E-state index contributed by atoms with van der Waals surface area (Å²) in [7, 11) is -3.17. The second-order valence-corrected chi connectivity index (χ2v) is 15.9. The second kappa shape index (κ2) is 33.4. The lowest BCUT2D eigenvalue weighted by Gasteiger charge is -2.24. The number of hydrogen-bond donors (Lipinski definition) is 1. The van der Waals surface area contributed by atoms with Gasteiger partial charge in [-0.1, -0.05) is 194 Å². The molecule has 0 aromatic rings. The van der Waals surface area contributed by atoms with Crippen LogP contribution < -0.4 is 0 Å². The van der Waals surface area contributed by atoms with Crippen molar-refractivity contribution in [3.8, 4) is 0 Å². The molecule has 3 nitrogen and oxygen atoms in total. The van der Waals surface area contributed by atoms with Crippen LogP contribution in [0.1, 0.15) is 213 Å². The Morgan fingerprint density at radius 1 is 0.415 bits per heavy atom. The second-order valence-electron chi connectivity index (χ2n) is 12.7. The van der Waals surface area contributed by atoms with Crippen molar-refractivity contribution in [2.75, 3.05) is 13.2 Å². The standard InChI is InChI=1S/C36H75O3PS/c1-4-7-10-13-16-19-22-25-28-31-34-38-40(37,36(41)33-30-27-24-21-18-15-12-9-6-3)39-35-32-29-26-23-20-17-14-11-8-5-2/h36,41H,4-35H2,1-3H3. The van der Waals surface area contributed by atoms with Gasteiger partial charge < -0.3 is 9.05 Å². The van der Waals surface area contributed by atoms with E-state index in [0.717, 1.165) is 38.5 Å². The van der Waals surface area contributed by atoms with E-state index in [1.54, 1.807) is 0 Å². The van der Waals surface area contributed by atoms with Gasteiger partial charge in [-0.3, -0.25) is 4.57 Å². The van der Waals surface area contributed by atoms with Gasteiger partial charge in [0.25, 0.3) is 0 Å². The molecule has 0 saturated carbocycles. The summed E-state index contributed by atoms with van der Waals surface area (Å²) in [6.07, 6.45) is 38.3. The van der Waals surface area contributed by atoms with E-state index >= 15 is 0 Å². The van der Waals surface area contributed by atoms with Gasteiger partial charge in [-0.2, -0.15) is 12.6 Å². The molecular formula is C36H75O3PS. The van der Waals surface area contributed by atoms with E-state index in [-0.39, 0.29) is 4.99 Å². The van der Waals surface area contributed by atoms with Gasteiger partial charge in [0.05, 0.1) is 13.2 Å². The van der Waals surface area contributed by atoms with E-state index in [1.807, 2.05) is 0 Å². The number of unbranched alkanes of at least 4 members (excludes halogenated alkanes) is 26. The first kappa shape index (κ1) is 41.5. The summed E-state index contributed by atoms with van der Waals surface area (Å²) in [5, 5.41) is 0. The number of rotatable bonds is 35. The molecule has 0 saturated heterocycles. The summed E-state index contributed by atoms with van der Waals surface area (Å²) < 4.78 is 25.9. The maximum Gasteiger partial charge on any atom is 0.343 e. The summed E-state index contributed by atoms with van der Waals surface area (Å²) >= 11 is 4.79. The van der Waals surface area contributed by atoms with Crippen molar-refractivity contribution in [3.63, 3.8) is 0 Å². The van der Waals surface area contributed by atoms with Crippen molar-refractivity contribution in [3.05, 3.63) is 0 Å². The molecule has 41 heavy (non-hydrogen) atoms. The topological polar surface area (TPSA) is 35.5 Å². The molecular weight excluding hydrogens is 543 g/mol. The molecule has 0 N–H and O–H groups in total. The molecule has 0 aliphatic rings. The normalized spacial score (nSPS) is 12.8. The molecule has 0 bridgehead atoms. The highest BCUT2D eigenvalue weighted by atomic mass is 32.1. The third-order valence-electron chi connectivity index (χ3n) is 8.47. The molecule has 0 radical (unpaired) electrons. The Morgan fingerprint density at radius 2 is 0.659 bits per heavy atom. The highest BCUT2D eigenvalue weighted by Crippen LogP contribution is 2.56. The fourth-order valence-corrected chi connectivity index (χ4v) is 7.83. The minimum absolute atomic E-state index is 0.293. The third-order valence-corrected chi connectivity index (χ3v) is 11.6. The van der Waals surface area contributed by atoms with E-state index < -0.39 is 7.60 Å². The minimum atomic E-state index is -3.17. The third kappa shape index (κ3) is 29.0. The highest BCUT2D eigenvalue weighted by Gasteiger charge is 2.33. The molecule has 0 rings (SSSR count). The van der Waals surface area contributed by atoms with Gasteiger partial charge in [0.1, 0.15) is 4.99 Å². The fourth-order valence-electron chi connectivity index (χ4n) is 5.57. The number of hydrogen-bond acceptors (Lipinski definition) is 4. The lowest BCUT2D eigenvalue weighted by atomic mass is 10.1. The predicted molar refractivity (Wildman–Crippen MR) is 188 cm³/mol. The molecule has 0 heterocycles. The summed E-state index contributed by atoms with van der Waals surface area (Å²) in [6, 6.07) is 0. The van der Waals surface area contributed by atoms with Crippen LogP contribution in [0.15, 0.2) is 0 Å². The lowest BCUT2D eigenvalue weighted by molar-refractivity contribution is 0.195. The van der Waals surface area contributed by atoms with Gasteiger partial charge in [0.15, 0.2) is 0 Å². The van der Waals surface area contributed by atoms with Crippen LogP contribution in [0.2, 0.25) is 0 Å². The molecule has 5 heteroatoms. The molecule has 0 aromatic heterocycles. The SMILES string of the molecule is CCCCCCCCCCCCOP(=O)(OCCCCCCCCCCCC)C(S)CCCCCCCCCCC. The first-order valence-electron chi connectivity index (χ1n) is 18.7. The van der Waals surface area contributed by atoms with Gasteiger partial charge in [0, 0.05) is 0 Å². The van der Waals surface area contributed by atoms with Crippen molar-refractivity contribution in [2.45, 2.75) is 218 Å². The Morgan fingerprint density at radius 3 is 0.951 bits per heavy atom. The van der Waals surface area contributed by atoms with Crippen LogP contribution in [-0.4, -0.2) is 18.2 Å². The molecule has 0 aliphatic heterocycles. The summed E-state index contributed by atoms with van der Waals surface area (Å²) in [4.78, 5) is -0.293. The van der Waals surface area contributed by atoms with E-state index in [1.165, 1.54) is 154 Å². The molecule has 0 amide bonds. The zero-order valence-corrected chi connectivity index (χ0v) is 30.1. The Balaban J connectivity index is 4.24. The average molecular weight is 619 g/mol. The molecule has 0 fully saturated rings. The largest absolute Gasteiger partial charge is 0.343 e. The summed E-state index contributed by atoms with van der Waals surface area (Å²) in [5.74, 6) is 0. The van der Waals surface area contributed by atoms with Crippen LogP contribution in [0, 0.1) is 0 Å². The quantitative estimate of drug-likeness (QED) is 0.0436. The predicted octanol–water partition coefficient (Wildman–Crippen LogP) is 14.2. The highest BCUT2D eigenvalue weighted by molar-refractivity contribution is 7.89. The van der Waals surface area contributed by atoms with E-state index in [0.29, 0.717) is 13.2 Å². The summed E-state index contributed by atoms with van der Waals surface area (Å²) in [6.45, 7) is 7.91. The maximum absolute atomic E-state index is 13.8. The van der Waals surface area contributed by atoms with Crippen molar-refractivity contribution >= 4 is 20.2 Å². The Labute approximate surface area is 264 Å². The molecule has 0 aliphatic carbocycles. The van der Waals surface area contributed by atoms with Gasteiger partial charge >= 0.3 is 7.60 Å². The van der Waals surface area contributed by atoms with E-state index in [9.17, 15) is 4.57 Å². The van der Waals surface area contributed by atoms with Crippen molar-refractivity contribution in [2.24, 2.45) is 0 Å². The van der Waals surface area contributed by atoms with Crippen LogP contribution in [0.3, 0.4) is 0 Å². The Bertz CT molecular complexity index is 515. The zero-order valence-electron chi connectivity index (χ0n) is 28.3. The Hall–Kier alpha value is 0.500. The van der Waals surface area contributed by atoms with Crippen LogP contribution in [0.5, 0.6) is 0 Å².